The minimum Gasteiger partial charge on any atom is -1.00 e. The summed E-state index contributed by atoms with van der Waals surface area (Å²) in [7, 11) is 0. The maximum absolute atomic E-state index is 4.23. The highest BCUT2D eigenvalue weighted by molar-refractivity contribution is 5.72. The van der Waals surface area contributed by atoms with E-state index in [4.69, 9.17) is 0 Å². The minimum atomic E-state index is 0. The van der Waals surface area contributed by atoms with Crippen molar-refractivity contribution < 1.29 is 17.0 Å². The molecule has 0 aromatic carbocycles. The van der Waals surface area contributed by atoms with Gasteiger partial charge in [-0.1, -0.05) is 0 Å². The fourth-order valence-corrected chi connectivity index (χ4v) is 0.980. The van der Waals surface area contributed by atoms with Gasteiger partial charge in [-0.15, -0.1) is 4.99 Å². The molecule has 0 radical (unpaired) electrons. The maximum atomic E-state index is 4.23. The lowest BCUT2D eigenvalue weighted by molar-refractivity contribution is -0.557. The predicted octanol–water partition coefficient (Wildman–Crippen LogP) is -3.89. The quantitative estimate of drug-likeness (QED) is 0.387. The Balaban J connectivity index is 0.000000605. The van der Waals surface area contributed by atoms with E-state index in [1.54, 1.807) is 0 Å². The lowest BCUT2D eigenvalue weighted by Crippen LogP contribution is -3.00. The Morgan fingerprint density at radius 3 is 3.00 bits per heavy atom. The van der Waals surface area contributed by atoms with Crippen molar-refractivity contribution in [3.8, 4) is 0 Å². The van der Waals surface area contributed by atoms with Crippen LogP contribution in [0, 0.1) is 0 Å². The zero-order chi connectivity index (χ0) is 6.81. The zero-order valence-electron chi connectivity index (χ0n) is 5.92. The first-order valence-electron chi connectivity index (χ1n) is 3.29. The van der Waals surface area contributed by atoms with E-state index in [-0.39, 0.29) is 12.4 Å². The standard InChI is InChI=1S/C6H8N4.ClH/c1-2-9-6(8-1)10-4-3-7-5-10;/h3-5H,1-2H2,(H,8,9);1H. The molecule has 2 N–H and O–H groups in total. The number of aliphatic imine (C=N–C) groups is 1. The molecule has 60 valence electrons. The Morgan fingerprint density at radius 1 is 1.55 bits per heavy atom. The number of hydrogen-bond donors (Lipinski definition) is 2. The molecule has 11 heavy (non-hydrogen) atoms. The summed E-state index contributed by atoms with van der Waals surface area (Å²) in [6.07, 6.45) is 5.65. The van der Waals surface area contributed by atoms with Crippen LogP contribution in [0.2, 0.25) is 0 Å². The van der Waals surface area contributed by atoms with Crippen LogP contribution in [-0.4, -0.2) is 24.0 Å². The van der Waals surface area contributed by atoms with Crippen molar-refractivity contribution in [3.05, 3.63) is 18.7 Å². The third-order valence-electron chi connectivity index (χ3n) is 1.45. The van der Waals surface area contributed by atoms with E-state index >= 15 is 0 Å². The number of H-pyrrole nitrogens is 1. The summed E-state index contributed by atoms with van der Waals surface area (Å²) < 4.78 is 1.92. The molecule has 0 saturated carbocycles. The Morgan fingerprint density at radius 2 is 2.45 bits per heavy atom. The van der Waals surface area contributed by atoms with Gasteiger partial charge in [0.2, 0.25) is 0 Å². The summed E-state index contributed by atoms with van der Waals surface area (Å²) in [5.41, 5.74) is 0. The fraction of sp³-hybridized carbons (Fsp3) is 0.333. The molecule has 0 atom stereocenters. The summed E-state index contributed by atoms with van der Waals surface area (Å²) in [6.45, 7) is 1.83. The highest BCUT2D eigenvalue weighted by Crippen LogP contribution is 1.80. The summed E-state index contributed by atoms with van der Waals surface area (Å²) in [6, 6.07) is 0. The number of nitrogens with one attached hydrogen (secondary N) is 2. The summed E-state index contributed by atoms with van der Waals surface area (Å²) >= 11 is 0. The maximum Gasteiger partial charge on any atom is 0.346 e. The zero-order valence-corrected chi connectivity index (χ0v) is 6.67. The van der Waals surface area contributed by atoms with Crippen molar-refractivity contribution in [1.29, 1.82) is 0 Å². The van der Waals surface area contributed by atoms with Gasteiger partial charge in [0.05, 0.1) is 18.9 Å². The third kappa shape index (κ3) is 1.51. The first kappa shape index (κ1) is 8.07. The normalized spacial score (nSPS) is 15.1. The van der Waals surface area contributed by atoms with Crippen molar-refractivity contribution in [2.75, 3.05) is 13.1 Å². The Kier molecular flexibility index (Phi) is 2.48. The van der Waals surface area contributed by atoms with E-state index in [1.165, 1.54) is 0 Å². The second-order valence-electron chi connectivity index (χ2n) is 2.15. The molecule has 0 spiro atoms. The molecule has 0 fully saturated rings. The van der Waals surface area contributed by atoms with Crippen molar-refractivity contribution in [2.45, 2.75) is 0 Å². The number of aromatic amines is 1. The number of hydrogen-bond acceptors (Lipinski definition) is 2. The highest BCUT2D eigenvalue weighted by Gasteiger charge is 2.13. The number of imidazole rings is 1. The van der Waals surface area contributed by atoms with Gasteiger partial charge >= 0.3 is 5.96 Å². The molecule has 0 saturated heterocycles. The molecule has 2 heterocycles. The first-order chi connectivity index (χ1) is 4.97. The second kappa shape index (κ2) is 3.39. The van der Waals surface area contributed by atoms with E-state index in [2.05, 4.69) is 15.3 Å². The van der Waals surface area contributed by atoms with Crippen LogP contribution in [-0.2, 0) is 0 Å². The SMILES string of the molecule is [Cl-].c1c[n+](C2=NCCN2)c[nH]1. The van der Waals surface area contributed by atoms with Crippen LogP contribution in [0.1, 0.15) is 0 Å². The van der Waals surface area contributed by atoms with Crippen molar-refractivity contribution in [1.82, 2.24) is 10.3 Å². The fourth-order valence-electron chi connectivity index (χ4n) is 0.980. The van der Waals surface area contributed by atoms with Crippen LogP contribution >= 0.6 is 0 Å². The second-order valence-corrected chi connectivity index (χ2v) is 2.15. The lowest BCUT2D eigenvalue weighted by Gasteiger charge is -1.90. The Labute approximate surface area is 70.8 Å². The average Bonchev–Trinajstić information content (AvgIpc) is 2.59. The van der Waals surface area contributed by atoms with Crippen LogP contribution in [0.3, 0.4) is 0 Å². The molecule has 1 aliphatic heterocycles. The smallest absolute Gasteiger partial charge is 0.346 e. The Bertz CT molecular complexity index is 241. The Hall–Kier alpha value is -1.03. The molecule has 0 aliphatic carbocycles. The first-order valence-corrected chi connectivity index (χ1v) is 3.29. The van der Waals surface area contributed by atoms with E-state index in [9.17, 15) is 0 Å². The number of halogens is 1. The largest absolute Gasteiger partial charge is 1.00 e. The topological polar surface area (TPSA) is 44.1 Å². The molecule has 0 bridgehead atoms. The van der Waals surface area contributed by atoms with Crippen LogP contribution < -0.4 is 22.3 Å². The monoisotopic (exact) mass is 172 g/mol. The van der Waals surface area contributed by atoms with Crippen LogP contribution in [0.15, 0.2) is 23.7 Å². The van der Waals surface area contributed by atoms with Gasteiger partial charge < -0.3 is 12.4 Å². The summed E-state index contributed by atoms with van der Waals surface area (Å²) in [4.78, 5) is 7.18. The molecule has 5 heteroatoms. The van der Waals surface area contributed by atoms with Gasteiger partial charge in [0.15, 0.2) is 6.33 Å². The third-order valence-corrected chi connectivity index (χ3v) is 1.45. The average molecular weight is 173 g/mol. The number of rotatable bonds is 0. The van der Waals surface area contributed by atoms with Crippen molar-refractivity contribution in [3.63, 3.8) is 0 Å². The van der Waals surface area contributed by atoms with Gasteiger partial charge in [0.1, 0.15) is 6.54 Å². The van der Waals surface area contributed by atoms with Gasteiger partial charge in [-0.05, 0) is 0 Å². The van der Waals surface area contributed by atoms with Crippen molar-refractivity contribution >= 4 is 5.96 Å². The molecule has 0 amide bonds. The van der Waals surface area contributed by atoms with Crippen molar-refractivity contribution in [2.24, 2.45) is 4.99 Å². The van der Waals surface area contributed by atoms with Gasteiger partial charge in [-0.3, -0.25) is 10.3 Å². The minimum absolute atomic E-state index is 0. The van der Waals surface area contributed by atoms with Crippen LogP contribution in [0.5, 0.6) is 0 Å². The molecule has 2 rings (SSSR count). The van der Waals surface area contributed by atoms with E-state index in [0.717, 1.165) is 19.0 Å². The molecule has 4 nitrogen and oxygen atoms in total. The van der Waals surface area contributed by atoms with Crippen LogP contribution in [0.25, 0.3) is 0 Å². The van der Waals surface area contributed by atoms with Gasteiger partial charge in [0, 0.05) is 0 Å². The highest BCUT2D eigenvalue weighted by atomic mass is 35.5. The van der Waals surface area contributed by atoms with E-state index in [0.29, 0.717) is 0 Å². The van der Waals surface area contributed by atoms with Gasteiger partial charge in [-0.2, -0.15) is 0 Å². The molecule has 1 aliphatic rings. The molecule has 1 aromatic heterocycles. The molecular weight excluding hydrogens is 164 g/mol. The molecule has 1 aromatic rings. The van der Waals surface area contributed by atoms with Gasteiger partial charge in [0.25, 0.3) is 0 Å². The lowest BCUT2D eigenvalue weighted by atomic mass is 10.7. The van der Waals surface area contributed by atoms with E-state index in [1.807, 2.05) is 23.3 Å². The van der Waals surface area contributed by atoms with Gasteiger partial charge in [-0.25, -0.2) is 4.57 Å². The molecule has 0 unspecified atom stereocenters. The molecular formula is C6H9ClN4. The van der Waals surface area contributed by atoms with Crippen LogP contribution in [0.4, 0.5) is 0 Å². The summed E-state index contributed by atoms with van der Waals surface area (Å²) in [5.74, 6) is 0.932. The predicted molar refractivity (Wildman–Crippen MR) is 36.7 cm³/mol. The number of nitrogens with zero attached hydrogens (tertiary/aromatic N) is 2. The van der Waals surface area contributed by atoms with E-state index < -0.39 is 0 Å². The number of aromatic nitrogens is 2. The summed E-state index contributed by atoms with van der Waals surface area (Å²) in [5, 5.41) is 3.15.